The number of esters is 1. The summed E-state index contributed by atoms with van der Waals surface area (Å²) in [6.45, 7) is 1.85. The van der Waals surface area contributed by atoms with E-state index < -0.39 is 11.9 Å². The van der Waals surface area contributed by atoms with E-state index in [9.17, 15) is 9.59 Å². The zero-order chi connectivity index (χ0) is 13.1. The van der Waals surface area contributed by atoms with Crippen molar-refractivity contribution in [3.63, 3.8) is 0 Å². The van der Waals surface area contributed by atoms with Gasteiger partial charge in [0.05, 0.1) is 0 Å². The molecule has 0 spiro atoms. The van der Waals surface area contributed by atoms with Gasteiger partial charge in [-0.3, -0.25) is 0 Å². The lowest BCUT2D eigenvalue weighted by atomic mass is 10.2. The molecule has 1 aromatic heterocycles. The fraction of sp³-hybridized carbons (Fsp3) is 0.0909. The molecule has 0 saturated heterocycles. The van der Waals surface area contributed by atoms with Gasteiger partial charge in [-0.15, -0.1) is 5.10 Å². The first-order valence-corrected chi connectivity index (χ1v) is 5.70. The first-order valence-electron chi connectivity index (χ1n) is 4.92. The number of benzene rings is 1. The Morgan fingerprint density at radius 2 is 2.17 bits per heavy atom. The van der Waals surface area contributed by atoms with Crippen molar-refractivity contribution in [2.24, 2.45) is 0 Å². The molecule has 0 amide bonds. The molecule has 0 aliphatic carbocycles. The number of carboxylic acid groups (broad SMARTS) is 1. The molecule has 0 saturated carbocycles. The molecule has 92 valence electrons. The Morgan fingerprint density at radius 3 is 2.83 bits per heavy atom. The van der Waals surface area contributed by atoms with Crippen molar-refractivity contribution in [3.05, 3.63) is 40.4 Å². The van der Waals surface area contributed by atoms with Crippen molar-refractivity contribution >= 4 is 23.5 Å². The van der Waals surface area contributed by atoms with Crippen LogP contribution in [0.3, 0.4) is 0 Å². The molecule has 0 bridgehead atoms. The summed E-state index contributed by atoms with van der Waals surface area (Å²) in [6, 6.07) is 6.85. The predicted molar refractivity (Wildman–Crippen MR) is 63.0 cm³/mol. The molecule has 1 aromatic carbocycles. The lowest BCUT2D eigenvalue weighted by Gasteiger charge is -2.03. The minimum atomic E-state index is -1.25. The summed E-state index contributed by atoms with van der Waals surface area (Å²) in [6.07, 6.45) is 0. The van der Waals surface area contributed by atoms with Gasteiger partial charge in [0.15, 0.2) is 10.6 Å². The van der Waals surface area contributed by atoms with Crippen molar-refractivity contribution in [1.29, 1.82) is 0 Å². The molecule has 2 aromatic rings. The molecule has 6 nitrogen and oxygen atoms in total. The van der Waals surface area contributed by atoms with Crippen LogP contribution in [0.25, 0.3) is 0 Å². The van der Waals surface area contributed by atoms with E-state index in [4.69, 9.17) is 9.84 Å². The summed E-state index contributed by atoms with van der Waals surface area (Å²) in [5, 5.41) is 12.3. The zero-order valence-electron chi connectivity index (χ0n) is 9.28. The second kappa shape index (κ2) is 4.92. The first-order chi connectivity index (χ1) is 8.58. The zero-order valence-corrected chi connectivity index (χ0v) is 10.1. The van der Waals surface area contributed by atoms with Gasteiger partial charge in [0.25, 0.3) is 0 Å². The van der Waals surface area contributed by atoms with Crippen LogP contribution >= 0.6 is 11.5 Å². The molecule has 0 unspecified atom stereocenters. The molecule has 1 heterocycles. The molecular weight excluding hydrogens is 256 g/mol. The van der Waals surface area contributed by atoms with Gasteiger partial charge in [0, 0.05) is 0 Å². The van der Waals surface area contributed by atoms with Crippen LogP contribution in [0, 0.1) is 6.92 Å². The number of aryl methyl sites for hydroxylation is 1. The Kier molecular flexibility index (Phi) is 3.33. The topological polar surface area (TPSA) is 89.4 Å². The number of carbonyl (C=O) groups is 2. The summed E-state index contributed by atoms with van der Waals surface area (Å²) in [5.74, 6) is -1.74. The number of hydrogen-bond acceptors (Lipinski definition) is 6. The van der Waals surface area contributed by atoms with E-state index >= 15 is 0 Å². The van der Waals surface area contributed by atoms with Gasteiger partial charge in [0.1, 0.15) is 5.75 Å². The van der Waals surface area contributed by atoms with Gasteiger partial charge in [-0.25, -0.2) is 9.59 Å². The highest BCUT2D eigenvalue weighted by Crippen LogP contribution is 2.16. The highest BCUT2D eigenvalue weighted by atomic mass is 32.1. The number of nitrogens with zero attached hydrogens (tertiary/aromatic N) is 2. The van der Waals surface area contributed by atoms with Crippen LogP contribution in [-0.2, 0) is 0 Å². The van der Waals surface area contributed by atoms with E-state index in [1.165, 1.54) is 0 Å². The quantitative estimate of drug-likeness (QED) is 0.671. The maximum atomic E-state index is 11.7. The van der Waals surface area contributed by atoms with Gasteiger partial charge < -0.3 is 9.84 Å². The van der Waals surface area contributed by atoms with Crippen molar-refractivity contribution in [2.75, 3.05) is 0 Å². The highest BCUT2D eigenvalue weighted by molar-refractivity contribution is 7.08. The molecule has 2 rings (SSSR count). The molecule has 0 atom stereocenters. The van der Waals surface area contributed by atoms with Crippen LogP contribution in [0.5, 0.6) is 5.75 Å². The molecule has 0 fully saturated rings. The lowest BCUT2D eigenvalue weighted by molar-refractivity contribution is 0.0669. The Bertz CT molecular complexity index is 609. The predicted octanol–water partition coefficient (Wildman–Crippen LogP) is 1.76. The first kappa shape index (κ1) is 12.2. The Labute approximate surface area is 106 Å². The number of carbonyl (C=O) groups excluding carboxylic acids is 1. The SMILES string of the molecule is Cc1cccc(OC(=O)c2nnsc2C(=O)O)c1. The summed E-state index contributed by atoms with van der Waals surface area (Å²) >= 11 is 0.638. The summed E-state index contributed by atoms with van der Waals surface area (Å²) in [4.78, 5) is 22.3. The van der Waals surface area contributed by atoms with Crippen LogP contribution in [-0.4, -0.2) is 26.6 Å². The van der Waals surface area contributed by atoms with Gasteiger partial charge in [-0.1, -0.05) is 16.6 Å². The maximum Gasteiger partial charge on any atom is 0.366 e. The van der Waals surface area contributed by atoms with Crippen molar-refractivity contribution < 1.29 is 19.4 Å². The maximum absolute atomic E-state index is 11.7. The largest absolute Gasteiger partial charge is 0.477 e. The molecule has 18 heavy (non-hydrogen) atoms. The van der Waals surface area contributed by atoms with Crippen LogP contribution in [0.15, 0.2) is 24.3 Å². The van der Waals surface area contributed by atoms with Crippen molar-refractivity contribution in [3.8, 4) is 5.75 Å². The molecule has 0 aliphatic heterocycles. The number of aromatic nitrogens is 2. The van der Waals surface area contributed by atoms with E-state index in [1.807, 2.05) is 13.0 Å². The number of hydrogen-bond donors (Lipinski definition) is 1. The van der Waals surface area contributed by atoms with E-state index in [0.29, 0.717) is 17.3 Å². The van der Waals surface area contributed by atoms with Gasteiger partial charge in [0.2, 0.25) is 0 Å². The second-order valence-corrected chi connectivity index (χ2v) is 4.22. The molecule has 0 aliphatic rings. The smallest absolute Gasteiger partial charge is 0.366 e. The molecular formula is C11H8N2O4S. The number of carboxylic acids is 1. The summed E-state index contributed by atoms with van der Waals surface area (Å²) < 4.78 is 8.47. The Morgan fingerprint density at radius 1 is 1.39 bits per heavy atom. The van der Waals surface area contributed by atoms with E-state index in [2.05, 4.69) is 9.59 Å². The lowest BCUT2D eigenvalue weighted by Crippen LogP contribution is -2.13. The number of rotatable bonds is 3. The molecule has 7 heteroatoms. The Balaban J connectivity index is 2.22. The van der Waals surface area contributed by atoms with E-state index in [0.717, 1.165) is 5.56 Å². The van der Waals surface area contributed by atoms with Gasteiger partial charge >= 0.3 is 11.9 Å². The van der Waals surface area contributed by atoms with Crippen LogP contribution in [0.4, 0.5) is 0 Å². The minimum Gasteiger partial charge on any atom is -0.477 e. The van der Waals surface area contributed by atoms with Gasteiger partial charge in [-0.05, 0) is 36.2 Å². The van der Waals surface area contributed by atoms with Crippen molar-refractivity contribution in [1.82, 2.24) is 9.59 Å². The fourth-order valence-corrected chi connectivity index (χ4v) is 1.79. The standard InChI is InChI=1S/C11H8N2O4S/c1-6-3-2-4-7(5-6)17-11(16)8-9(10(14)15)18-13-12-8/h2-5H,1H3,(H,14,15). The molecule has 1 N–H and O–H groups in total. The fourth-order valence-electron chi connectivity index (χ4n) is 1.30. The average molecular weight is 264 g/mol. The normalized spacial score (nSPS) is 10.1. The second-order valence-electron chi connectivity index (χ2n) is 3.46. The summed E-state index contributed by atoms with van der Waals surface area (Å²) in [7, 11) is 0. The number of aromatic carboxylic acids is 1. The van der Waals surface area contributed by atoms with Gasteiger partial charge in [-0.2, -0.15) is 0 Å². The third-order valence-corrected chi connectivity index (χ3v) is 2.79. The number of ether oxygens (including phenoxy) is 1. The molecule has 0 radical (unpaired) electrons. The monoisotopic (exact) mass is 264 g/mol. The van der Waals surface area contributed by atoms with Crippen LogP contribution in [0.1, 0.15) is 25.7 Å². The highest BCUT2D eigenvalue weighted by Gasteiger charge is 2.23. The third kappa shape index (κ3) is 2.51. The summed E-state index contributed by atoms with van der Waals surface area (Å²) in [5.41, 5.74) is 0.643. The van der Waals surface area contributed by atoms with Crippen LogP contribution in [0.2, 0.25) is 0 Å². The van der Waals surface area contributed by atoms with E-state index in [1.54, 1.807) is 18.2 Å². The van der Waals surface area contributed by atoms with Crippen molar-refractivity contribution in [2.45, 2.75) is 6.92 Å². The third-order valence-electron chi connectivity index (χ3n) is 2.08. The van der Waals surface area contributed by atoms with Crippen LogP contribution < -0.4 is 4.74 Å². The Hall–Kier alpha value is -2.28. The average Bonchev–Trinajstić information content (AvgIpc) is 2.77. The van der Waals surface area contributed by atoms with E-state index in [-0.39, 0.29) is 10.6 Å². The minimum absolute atomic E-state index is 0.229.